The number of hydrogen-bond acceptors (Lipinski definition) is 7. The number of methoxy groups -OCH3 is 1. The van der Waals surface area contributed by atoms with Crippen LogP contribution in [-0.2, 0) is 33.3 Å². The zero-order valence-corrected chi connectivity index (χ0v) is 15.2. The molecular weight excluding hydrogens is 332 g/mol. The van der Waals surface area contributed by atoms with Crippen LogP contribution in [0.15, 0.2) is 0 Å². The number of esters is 1. The summed E-state index contributed by atoms with van der Waals surface area (Å²) in [4.78, 5) is 26.5. The highest BCUT2D eigenvalue weighted by atomic mass is 16.6. The molecule has 0 aliphatic rings. The lowest BCUT2D eigenvalue weighted by Gasteiger charge is -2.12. The largest absolute Gasteiger partial charge is 0.462 e. The van der Waals surface area contributed by atoms with E-state index >= 15 is 0 Å². The molecule has 0 fully saturated rings. The van der Waals surface area contributed by atoms with Crippen LogP contribution in [0.5, 0.6) is 0 Å². The van der Waals surface area contributed by atoms with Crippen LogP contribution in [0.1, 0.15) is 13.8 Å². The second kappa shape index (κ2) is 15.8. The number of rotatable bonds is 15. The Hall–Kier alpha value is -1.73. The minimum atomic E-state index is -0.779. The molecule has 1 amide bonds. The van der Waals surface area contributed by atoms with Crippen molar-refractivity contribution in [2.45, 2.75) is 25.9 Å². The zero-order valence-electron chi connectivity index (χ0n) is 15.2. The molecule has 9 heteroatoms. The highest BCUT2D eigenvalue weighted by molar-refractivity contribution is 5.88. The molecule has 0 aliphatic carbocycles. The average Bonchev–Trinajstić information content (AvgIpc) is 2.61. The summed E-state index contributed by atoms with van der Waals surface area (Å²) < 4.78 is 25.6. The van der Waals surface area contributed by atoms with E-state index in [-0.39, 0.29) is 13.2 Å². The summed E-state index contributed by atoms with van der Waals surface area (Å²) in [5.41, 5.74) is 0. The number of amides is 1. The Balaban J connectivity index is 3.48. The Morgan fingerprint density at radius 1 is 0.920 bits per heavy atom. The molecule has 144 valence electrons. The lowest BCUT2D eigenvalue weighted by Crippen LogP contribution is -2.43. The molecule has 0 saturated carbocycles. The van der Waals surface area contributed by atoms with Gasteiger partial charge in [-0.15, -0.1) is 0 Å². The molecule has 0 aliphatic heterocycles. The lowest BCUT2D eigenvalue weighted by molar-refractivity contribution is -0.149. The van der Waals surface area contributed by atoms with Crippen molar-refractivity contribution in [3.8, 4) is 6.57 Å². The van der Waals surface area contributed by atoms with Crippen molar-refractivity contribution >= 4 is 11.9 Å². The number of nitrogens with zero attached hydrogens (tertiary/aromatic N) is 1. The molecular formula is C16H29N2O7+. The highest BCUT2D eigenvalue weighted by Gasteiger charge is 2.25. The predicted octanol–water partition coefficient (Wildman–Crippen LogP) is 0.0817. The maximum Gasteiger partial charge on any atom is 0.345 e. The molecule has 0 unspecified atom stereocenters. The monoisotopic (exact) mass is 361 g/mol. The second-order valence-corrected chi connectivity index (χ2v) is 5.05. The Morgan fingerprint density at radius 3 is 1.88 bits per heavy atom. The Morgan fingerprint density at radius 2 is 1.40 bits per heavy atom. The van der Waals surface area contributed by atoms with E-state index in [0.717, 1.165) is 0 Å². The quantitative estimate of drug-likeness (QED) is 0.326. The van der Waals surface area contributed by atoms with E-state index in [1.807, 2.05) is 0 Å². The first-order valence-electron chi connectivity index (χ1n) is 8.12. The van der Waals surface area contributed by atoms with Gasteiger partial charge in [0.25, 0.3) is 6.57 Å². The summed E-state index contributed by atoms with van der Waals surface area (Å²) in [6, 6.07) is -1.50. The molecule has 2 atom stereocenters. The Kier molecular flexibility index (Phi) is 14.7. The van der Waals surface area contributed by atoms with Crippen LogP contribution in [0.25, 0.3) is 4.85 Å². The van der Waals surface area contributed by atoms with Crippen molar-refractivity contribution in [3.63, 3.8) is 0 Å². The zero-order chi connectivity index (χ0) is 18.9. The third-order valence-electron chi connectivity index (χ3n) is 2.96. The third-order valence-corrected chi connectivity index (χ3v) is 2.96. The molecule has 0 aromatic carbocycles. The highest BCUT2D eigenvalue weighted by Crippen LogP contribution is 1.93. The van der Waals surface area contributed by atoms with Crippen LogP contribution in [0.4, 0.5) is 0 Å². The van der Waals surface area contributed by atoms with Gasteiger partial charge in [-0.3, -0.25) is 4.79 Å². The molecule has 0 saturated heterocycles. The van der Waals surface area contributed by atoms with Crippen LogP contribution < -0.4 is 5.32 Å². The summed E-state index contributed by atoms with van der Waals surface area (Å²) in [5.74, 6) is -0.989. The molecule has 25 heavy (non-hydrogen) atoms. The molecule has 9 nitrogen and oxygen atoms in total. The number of carbonyl (C=O) groups excluding carboxylic acids is 2. The minimum absolute atomic E-state index is 0.0932. The van der Waals surface area contributed by atoms with E-state index in [1.54, 1.807) is 7.11 Å². The average molecular weight is 361 g/mol. The Bertz CT molecular complexity index is 412. The molecule has 1 N–H and O–H groups in total. The fraction of sp³-hybridized carbons (Fsp3) is 0.812. The van der Waals surface area contributed by atoms with E-state index in [2.05, 4.69) is 10.2 Å². The summed E-state index contributed by atoms with van der Waals surface area (Å²) in [5, 5.41) is 2.46. The van der Waals surface area contributed by atoms with E-state index < -0.39 is 24.0 Å². The maximum absolute atomic E-state index is 11.7. The van der Waals surface area contributed by atoms with Gasteiger partial charge in [0, 0.05) is 14.0 Å². The van der Waals surface area contributed by atoms with Gasteiger partial charge in [0.05, 0.1) is 46.2 Å². The second-order valence-electron chi connectivity index (χ2n) is 5.05. The first-order chi connectivity index (χ1) is 12.0. The smallest absolute Gasteiger partial charge is 0.345 e. The van der Waals surface area contributed by atoms with Gasteiger partial charge in [-0.2, -0.15) is 0 Å². The molecule has 0 aromatic heterocycles. The molecule has 0 aromatic rings. The van der Waals surface area contributed by atoms with E-state index in [0.29, 0.717) is 39.6 Å². The molecule has 0 radical (unpaired) electrons. The summed E-state index contributed by atoms with van der Waals surface area (Å²) in [7, 11) is 1.61. The Labute approximate surface area is 148 Å². The number of ether oxygens (including phenoxy) is 5. The van der Waals surface area contributed by atoms with E-state index in [1.165, 1.54) is 13.8 Å². The van der Waals surface area contributed by atoms with Crippen molar-refractivity contribution in [3.05, 3.63) is 4.85 Å². The van der Waals surface area contributed by atoms with Crippen LogP contribution in [0.3, 0.4) is 0 Å². The van der Waals surface area contributed by atoms with Crippen LogP contribution >= 0.6 is 0 Å². The standard InChI is InChI=1S/C16H28N2O7/c1-13(17-3)15(19)18-14(2)16(20)25-12-11-24-10-9-23-8-7-22-6-5-21-4/h3,13-14H,5-12H2,1-2,4H3/p+1/t13-,14-/m1/s1. The van der Waals surface area contributed by atoms with Crippen LogP contribution in [0.2, 0.25) is 0 Å². The van der Waals surface area contributed by atoms with Gasteiger partial charge < -0.3 is 29.0 Å². The van der Waals surface area contributed by atoms with Gasteiger partial charge in [-0.1, -0.05) is 4.85 Å². The van der Waals surface area contributed by atoms with Crippen molar-refractivity contribution in [1.29, 1.82) is 0 Å². The van der Waals surface area contributed by atoms with E-state index in [4.69, 9.17) is 30.3 Å². The first-order valence-corrected chi connectivity index (χ1v) is 8.12. The lowest BCUT2D eigenvalue weighted by atomic mass is 10.3. The van der Waals surface area contributed by atoms with Crippen LogP contribution in [-0.4, -0.2) is 83.9 Å². The van der Waals surface area contributed by atoms with Gasteiger partial charge in [0.15, 0.2) is 0 Å². The van der Waals surface area contributed by atoms with Gasteiger partial charge in [0.2, 0.25) is 0 Å². The maximum atomic E-state index is 11.7. The van der Waals surface area contributed by atoms with Gasteiger partial charge in [0.1, 0.15) is 12.6 Å². The molecule has 0 spiro atoms. The summed E-state index contributed by atoms with van der Waals surface area (Å²) >= 11 is 0. The molecule has 0 heterocycles. The number of carbonyl (C=O) groups is 2. The summed E-state index contributed by atoms with van der Waals surface area (Å²) in [6.45, 7) is 11.3. The molecule has 0 rings (SSSR count). The van der Waals surface area contributed by atoms with Crippen molar-refractivity contribution in [2.24, 2.45) is 0 Å². The minimum Gasteiger partial charge on any atom is -0.462 e. The fourth-order valence-electron chi connectivity index (χ4n) is 1.47. The number of nitrogens with one attached hydrogen (secondary N) is 1. The van der Waals surface area contributed by atoms with Gasteiger partial charge >= 0.3 is 17.9 Å². The summed E-state index contributed by atoms with van der Waals surface area (Å²) in [6.07, 6.45) is 0. The van der Waals surface area contributed by atoms with Crippen molar-refractivity contribution in [2.75, 3.05) is 60.0 Å². The third kappa shape index (κ3) is 13.3. The fourth-order valence-corrected chi connectivity index (χ4v) is 1.47. The van der Waals surface area contributed by atoms with Gasteiger partial charge in [-0.05, 0) is 6.92 Å². The van der Waals surface area contributed by atoms with Gasteiger partial charge in [-0.25, -0.2) is 4.79 Å². The predicted molar refractivity (Wildman–Crippen MR) is 90.7 cm³/mol. The van der Waals surface area contributed by atoms with E-state index in [9.17, 15) is 9.59 Å². The van der Waals surface area contributed by atoms with Crippen molar-refractivity contribution < 1.29 is 33.3 Å². The SMILES string of the molecule is C#[N+][C@H](C)C(=O)N[C@H](C)C(=O)OCCOCCOCCOCCOC. The number of hydrogen-bond donors (Lipinski definition) is 1. The molecule has 0 bridgehead atoms. The van der Waals surface area contributed by atoms with Crippen LogP contribution in [0, 0.1) is 6.57 Å². The first kappa shape index (κ1) is 23.3. The van der Waals surface area contributed by atoms with Crippen molar-refractivity contribution in [1.82, 2.24) is 5.32 Å². The topological polar surface area (TPSA) is 96.7 Å². The normalized spacial score (nSPS) is 12.9.